The standard InChI is InChI=1S/C11H11FN2O5S/c1-7-5-8(6-9(11(7)12)14(16)17)20(18,19)13-4-2-3-10(13)15/h5-6H,2-4H2,1H3. The van der Waals surface area contributed by atoms with Gasteiger partial charge in [-0.1, -0.05) is 0 Å². The van der Waals surface area contributed by atoms with Crippen LogP contribution >= 0.6 is 0 Å². The van der Waals surface area contributed by atoms with Crippen LogP contribution in [0.5, 0.6) is 0 Å². The molecule has 0 aliphatic carbocycles. The first kappa shape index (κ1) is 14.4. The van der Waals surface area contributed by atoms with Crippen LogP contribution in [0.15, 0.2) is 17.0 Å². The Morgan fingerprint density at radius 2 is 2.05 bits per heavy atom. The summed E-state index contributed by atoms with van der Waals surface area (Å²) in [5, 5.41) is 10.7. The number of benzene rings is 1. The highest BCUT2D eigenvalue weighted by molar-refractivity contribution is 7.89. The zero-order chi connectivity index (χ0) is 15.1. The van der Waals surface area contributed by atoms with Crippen molar-refractivity contribution in [1.29, 1.82) is 0 Å². The van der Waals surface area contributed by atoms with Crippen molar-refractivity contribution in [3.05, 3.63) is 33.6 Å². The van der Waals surface area contributed by atoms with Gasteiger partial charge >= 0.3 is 5.69 Å². The molecule has 9 heteroatoms. The molecule has 0 N–H and O–H groups in total. The van der Waals surface area contributed by atoms with E-state index in [1.807, 2.05) is 0 Å². The molecule has 1 aliphatic rings. The van der Waals surface area contributed by atoms with E-state index in [1.165, 1.54) is 6.92 Å². The topological polar surface area (TPSA) is 97.6 Å². The van der Waals surface area contributed by atoms with Crippen LogP contribution in [0.4, 0.5) is 10.1 Å². The summed E-state index contributed by atoms with van der Waals surface area (Å²) >= 11 is 0. The largest absolute Gasteiger partial charge is 0.306 e. The second-order valence-corrected chi connectivity index (χ2v) is 6.27. The van der Waals surface area contributed by atoms with Gasteiger partial charge < -0.3 is 0 Å². The highest BCUT2D eigenvalue weighted by Crippen LogP contribution is 2.28. The van der Waals surface area contributed by atoms with Gasteiger partial charge in [-0.2, -0.15) is 4.39 Å². The van der Waals surface area contributed by atoms with Crippen LogP contribution < -0.4 is 0 Å². The lowest BCUT2D eigenvalue weighted by Crippen LogP contribution is -2.32. The summed E-state index contributed by atoms with van der Waals surface area (Å²) in [5.41, 5.74) is -1.08. The molecule has 1 aliphatic heterocycles. The number of aryl methyl sites for hydroxylation is 1. The molecular weight excluding hydrogens is 291 g/mol. The van der Waals surface area contributed by atoms with Gasteiger partial charge in [-0.3, -0.25) is 14.9 Å². The third-order valence-electron chi connectivity index (χ3n) is 3.02. The van der Waals surface area contributed by atoms with Gasteiger partial charge in [0.2, 0.25) is 11.7 Å². The quantitative estimate of drug-likeness (QED) is 0.620. The fraction of sp³-hybridized carbons (Fsp3) is 0.364. The maximum absolute atomic E-state index is 13.6. The number of amides is 1. The van der Waals surface area contributed by atoms with Crippen LogP contribution in [0.1, 0.15) is 18.4 Å². The molecule has 0 spiro atoms. The third kappa shape index (κ3) is 2.24. The Morgan fingerprint density at radius 3 is 2.55 bits per heavy atom. The van der Waals surface area contributed by atoms with Gasteiger partial charge in [0.25, 0.3) is 10.0 Å². The molecule has 1 aromatic rings. The highest BCUT2D eigenvalue weighted by atomic mass is 32.2. The molecule has 1 fully saturated rings. The number of halogens is 1. The van der Waals surface area contributed by atoms with Crippen LogP contribution in [0.3, 0.4) is 0 Å². The number of nitro benzene ring substituents is 1. The molecule has 2 rings (SSSR count). The molecule has 0 radical (unpaired) electrons. The molecule has 0 unspecified atom stereocenters. The van der Waals surface area contributed by atoms with E-state index < -0.39 is 37.3 Å². The first-order valence-electron chi connectivity index (χ1n) is 5.75. The molecule has 1 amide bonds. The molecule has 1 saturated heterocycles. The summed E-state index contributed by atoms with van der Waals surface area (Å²) in [5.74, 6) is -1.64. The third-order valence-corrected chi connectivity index (χ3v) is 4.82. The van der Waals surface area contributed by atoms with Gasteiger partial charge in [-0.15, -0.1) is 0 Å². The number of hydrogen-bond acceptors (Lipinski definition) is 5. The van der Waals surface area contributed by atoms with E-state index >= 15 is 0 Å². The lowest BCUT2D eigenvalue weighted by atomic mass is 10.2. The van der Waals surface area contributed by atoms with Gasteiger partial charge in [0.05, 0.1) is 9.82 Å². The summed E-state index contributed by atoms with van der Waals surface area (Å²) in [6.45, 7) is 1.26. The second kappa shape index (κ2) is 4.82. The Bertz CT molecular complexity index is 701. The van der Waals surface area contributed by atoms with E-state index in [0.29, 0.717) is 16.8 Å². The summed E-state index contributed by atoms with van der Waals surface area (Å²) < 4.78 is 38.7. The predicted octanol–water partition coefficient (Wildman–Crippen LogP) is 1.35. The zero-order valence-electron chi connectivity index (χ0n) is 10.5. The van der Waals surface area contributed by atoms with Crippen molar-refractivity contribution in [2.24, 2.45) is 0 Å². The lowest BCUT2D eigenvalue weighted by Gasteiger charge is -2.16. The molecule has 1 aromatic carbocycles. The number of nitrogens with zero attached hydrogens (tertiary/aromatic N) is 2. The van der Waals surface area contributed by atoms with Crippen LogP contribution in [-0.4, -0.2) is 30.1 Å². The van der Waals surface area contributed by atoms with Crippen molar-refractivity contribution in [3.8, 4) is 0 Å². The minimum atomic E-state index is -4.17. The van der Waals surface area contributed by atoms with Crippen LogP contribution in [-0.2, 0) is 14.8 Å². The zero-order valence-corrected chi connectivity index (χ0v) is 11.3. The van der Waals surface area contributed by atoms with Crippen molar-refractivity contribution >= 4 is 21.6 Å². The fourth-order valence-electron chi connectivity index (χ4n) is 2.01. The number of nitro groups is 1. The van der Waals surface area contributed by atoms with Crippen molar-refractivity contribution < 1.29 is 22.5 Å². The first-order chi connectivity index (χ1) is 9.25. The summed E-state index contributed by atoms with van der Waals surface area (Å²) in [7, 11) is -4.17. The molecule has 1 heterocycles. The monoisotopic (exact) mass is 302 g/mol. The molecule has 0 atom stereocenters. The predicted molar refractivity (Wildman–Crippen MR) is 65.9 cm³/mol. The molecular formula is C11H11FN2O5S. The Labute approximate surface area is 114 Å². The van der Waals surface area contributed by atoms with Crippen molar-refractivity contribution in [2.45, 2.75) is 24.7 Å². The Hall–Kier alpha value is -2.03. The van der Waals surface area contributed by atoms with E-state index in [1.54, 1.807) is 0 Å². The molecule has 7 nitrogen and oxygen atoms in total. The van der Waals surface area contributed by atoms with E-state index in [9.17, 15) is 27.7 Å². The van der Waals surface area contributed by atoms with Crippen molar-refractivity contribution in [1.82, 2.24) is 4.31 Å². The number of rotatable bonds is 3. The summed E-state index contributed by atoms with van der Waals surface area (Å²) in [6.07, 6.45) is 0.516. The highest BCUT2D eigenvalue weighted by Gasteiger charge is 2.34. The van der Waals surface area contributed by atoms with Crippen molar-refractivity contribution in [2.75, 3.05) is 6.54 Å². The Balaban J connectivity index is 2.58. The average Bonchev–Trinajstić information content (AvgIpc) is 2.78. The molecule has 108 valence electrons. The normalized spacial score (nSPS) is 15.7. The van der Waals surface area contributed by atoms with Crippen LogP contribution in [0.25, 0.3) is 0 Å². The second-order valence-electron chi connectivity index (χ2n) is 4.40. The molecule has 20 heavy (non-hydrogen) atoms. The van der Waals surface area contributed by atoms with Gasteiger partial charge in [-0.25, -0.2) is 12.7 Å². The van der Waals surface area contributed by atoms with Crippen LogP contribution in [0.2, 0.25) is 0 Å². The molecule has 0 aromatic heterocycles. The van der Waals surface area contributed by atoms with Gasteiger partial charge in [-0.05, 0) is 25.0 Å². The average molecular weight is 302 g/mol. The van der Waals surface area contributed by atoms with Gasteiger partial charge in [0.15, 0.2) is 0 Å². The summed E-state index contributed by atoms with van der Waals surface area (Å²) in [4.78, 5) is 20.8. The Morgan fingerprint density at radius 1 is 1.40 bits per heavy atom. The Kier molecular flexibility index (Phi) is 3.46. The van der Waals surface area contributed by atoms with Crippen molar-refractivity contribution in [3.63, 3.8) is 0 Å². The minimum absolute atomic E-state index is 0.0331. The van der Waals surface area contributed by atoms with Gasteiger partial charge in [0.1, 0.15) is 0 Å². The lowest BCUT2D eigenvalue weighted by molar-refractivity contribution is -0.387. The minimum Gasteiger partial charge on any atom is -0.274 e. The van der Waals surface area contributed by atoms with E-state index in [-0.39, 0.29) is 18.5 Å². The van der Waals surface area contributed by atoms with E-state index in [2.05, 4.69) is 0 Å². The molecule has 0 bridgehead atoms. The summed E-state index contributed by atoms with van der Waals surface area (Å²) in [6, 6.07) is 1.63. The number of carbonyl (C=O) groups excluding carboxylic acids is 1. The number of sulfonamides is 1. The smallest absolute Gasteiger partial charge is 0.274 e. The van der Waals surface area contributed by atoms with Crippen LogP contribution in [0, 0.1) is 22.9 Å². The molecule has 0 saturated carbocycles. The number of hydrogen-bond donors (Lipinski definition) is 0. The van der Waals surface area contributed by atoms with E-state index in [0.717, 1.165) is 6.07 Å². The maximum atomic E-state index is 13.6. The van der Waals surface area contributed by atoms with Gasteiger partial charge in [0, 0.05) is 19.0 Å². The number of carbonyl (C=O) groups is 1. The van der Waals surface area contributed by atoms with E-state index in [4.69, 9.17) is 0 Å². The SMILES string of the molecule is Cc1cc(S(=O)(=O)N2CCCC2=O)cc([N+](=O)[O-])c1F. The first-order valence-corrected chi connectivity index (χ1v) is 7.19. The fourth-order valence-corrected chi connectivity index (χ4v) is 3.57. The maximum Gasteiger partial charge on any atom is 0.306 e.